The van der Waals surface area contributed by atoms with E-state index in [1.54, 1.807) is 13.0 Å². The fourth-order valence-electron chi connectivity index (χ4n) is 1.98. The molecule has 0 saturated heterocycles. The van der Waals surface area contributed by atoms with E-state index < -0.39 is 0 Å². The van der Waals surface area contributed by atoms with E-state index in [9.17, 15) is 10.1 Å². The average molecular weight is 271 g/mol. The van der Waals surface area contributed by atoms with Crippen molar-refractivity contribution < 1.29 is 4.92 Å². The fraction of sp³-hybridized carbons (Fsp3) is 0.267. The average Bonchev–Trinajstić information content (AvgIpc) is 2.41. The minimum Gasteiger partial charge on any atom is -0.379 e. The highest BCUT2D eigenvalue weighted by Gasteiger charge is 2.13. The third-order valence-corrected chi connectivity index (χ3v) is 3.17. The summed E-state index contributed by atoms with van der Waals surface area (Å²) in [7, 11) is 0. The van der Waals surface area contributed by atoms with Crippen molar-refractivity contribution in [2.24, 2.45) is 0 Å². The number of nitrogens with one attached hydrogen (secondary N) is 1. The molecule has 0 aliphatic carbocycles. The van der Waals surface area contributed by atoms with E-state index in [4.69, 9.17) is 0 Å². The number of nitro groups is 1. The maximum atomic E-state index is 10.9. The van der Waals surface area contributed by atoms with Gasteiger partial charge in [0.05, 0.1) is 17.2 Å². The zero-order valence-corrected chi connectivity index (χ0v) is 11.8. The van der Waals surface area contributed by atoms with Crippen LogP contribution >= 0.6 is 0 Å². The van der Waals surface area contributed by atoms with Crippen molar-refractivity contribution in [2.45, 2.75) is 27.3 Å². The van der Waals surface area contributed by atoms with Crippen molar-refractivity contribution >= 4 is 11.4 Å². The van der Waals surface area contributed by atoms with Gasteiger partial charge in [0, 0.05) is 23.5 Å². The van der Waals surface area contributed by atoms with Gasteiger partial charge in [0.15, 0.2) is 0 Å². The van der Waals surface area contributed by atoms with Crippen molar-refractivity contribution in [1.29, 1.82) is 0 Å². The topological polar surface area (TPSA) is 68.1 Å². The summed E-state index contributed by atoms with van der Waals surface area (Å²) in [5, 5.41) is 14.1. The van der Waals surface area contributed by atoms with Gasteiger partial charge in [-0.25, -0.2) is 0 Å². The van der Waals surface area contributed by atoms with Crippen LogP contribution in [0.4, 0.5) is 11.4 Å². The molecule has 0 saturated carbocycles. The molecule has 0 aliphatic heterocycles. The molecule has 5 nitrogen and oxygen atoms in total. The van der Waals surface area contributed by atoms with Crippen molar-refractivity contribution in [3.05, 3.63) is 63.0 Å². The van der Waals surface area contributed by atoms with E-state index >= 15 is 0 Å². The molecule has 1 aromatic carbocycles. The number of benzene rings is 1. The number of nitro benzene ring substituents is 1. The summed E-state index contributed by atoms with van der Waals surface area (Å²) in [5.74, 6) is 0. The Bertz CT molecular complexity index is 636. The first-order chi connectivity index (χ1) is 9.47. The Hall–Kier alpha value is -2.43. The van der Waals surface area contributed by atoms with Gasteiger partial charge in [-0.3, -0.25) is 15.1 Å². The highest BCUT2D eigenvalue weighted by Crippen LogP contribution is 2.26. The summed E-state index contributed by atoms with van der Waals surface area (Å²) in [6.45, 7) is 6.19. The fourth-order valence-corrected chi connectivity index (χ4v) is 1.98. The third kappa shape index (κ3) is 3.12. The van der Waals surface area contributed by atoms with E-state index in [1.807, 2.05) is 38.2 Å². The Kier molecular flexibility index (Phi) is 3.98. The molecule has 5 heteroatoms. The van der Waals surface area contributed by atoms with Gasteiger partial charge in [-0.1, -0.05) is 6.07 Å². The van der Waals surface area contributed by atoms with Crippen molar-refractivity contribution in [2.75, 3.05) is 5.32 Å². The Balaban J connectivity index is 2.16. The molecule has 2 aromatic rings. The van der Waals surface area contributed by atoms with Gasteiger partial charge >= 0.3 is 0 Å². The Labute approximate surface area is 117 Å². The Morgan fingerprint density at radius 3 is 2.55 bits per heavy atom. The number of rotatable bonds is 4. The largest absolute Gasteiger partial charge is 0.379 e. The number of hydrogen-bond donors (Lipinski definition) is 1. The Morgan fingerprint density at radius 1 is 1.20 bits per heavy atom. The number of nitrogens with zero attached hydrogens (tertiary/aromatic N) is 2. The van der Waals surface area contributed by atoms with Crippen LogP contribution < -0.4 is 5.32 Å². The summed E-state index contributed by atoms with van der Waals surface area (Å²) in [6.07, 6.45) is 1.82. The summed E-state index contributed by atoms with van der Waals surface area (Å²) >= 11 is 0. The lowest BCUT2D eigenvalue weighted by atomic mass is 10.1. The van der Waals surface area contributed by atoms with E-state index in [1.165, 1.54) is 0 Å². The predicted octanol–water partition coefficient (Wildman–Crippen LogP) is 3.53. The van der Waals surface area contributed by atoms with Crippen LogP contribution in [0.2, 0.25) is 0 Å². The van der Waals surface area contributed by atoms with Gasteiger partial charge in [0.2, 0.25) is 0 Å². The van der Waals surface area contributed by atoms with Crippen LogP contribution in [0.3, 0.4) is 0 Å². The smallest absolute Gasteiger partial charge is 0.272 e. The van der Waals surface area contributed by atoms with Gasteiger partial charge in [-0.2, -0.15) is 0 Å². The zero-order valence-electron chi connectivity index (χ0n) is 11.8. The molecule has 104 valence electrons. The molecule has 0 unspecified atom stereocenters. The Morgan fingerprint density at radius 2 is 1.95 bits per heavy atom. The molecule has 20 heavy (non-hydrogen) atoms. The van der Waals surface area contributed by atoms with Crippen LogP contribution in [-0.2, 0) is 6.54 Å². The minimum absolute atomic E-state index is 0.154. The normalized spacial score (nSPS) is 10.3. The lowest BCUT2D eigenvalue weighted by molar-refractivity contribution is -0.385. The third-order valence-electron chi connectivity index (χ3n) is 3.17. The number of aromatic nitrogens is 1. The standard InChI is InChI=1S/C15H17N3O2/c1-10-4-5-13(16-8-10)9-17-14-6-12(3)15(18(19)20)7-11(14)2/h4-8,17H,9H2,1-3H3. The zero-order chi connectivity index (χ0) is 14.7. The number of anilines is 1. The molecule has 2 rings (SSSR count). The number of hydrogen-bond acceptors (Lipinski definition) is 4. The van der Waals surface area contributed by atoms with Gasteiger partial charge in [-0.15, -0.1) is 0 Å². The van der Waals surface area contributed by atoms with Crippen LogP contribution in [-0.4, -0.2) is 9.91 Å². The predicted molar refractivity (Wildman–Crippen MR) is 78.9 cm³/mol. The molecule has 0 radical (unpaired) electrons. The van der Waals surface area contributed by atoms with Crippen molar-refractivity contribution in [3.63, 3.8) is 0 Å². The summed E-state index contributed by atoms with van der Waals surface area (Å²) in [5.41, 5.74) is 4.62. The quantitative estimate of drug-likeness (QED) is 0.682. The van der Waals surface area contributed by atoms with Crippen LogP contribution in [0.5, 0.6) is 0 Å². The summed E-state index contributed by atoms with van der Waals surface area (Å²) in [6, 6.07) is 7.38. The van der Waals surface area contributed by atoms with Gasteiger partial charge < -0.3 is 5.32 Å². The molecule has 0 amide bonds. The van der Waals surface area contributed by atoms with Crippen LogP contribution in [0.1, 0.15) is 22.4 Å². The highest BCUT2D eigenvalue weighted by molar-refractivity contribution is 5.59. The van der Waals surface area contributed by atoms with Gasteiger partial charge in [0.25, 0.3) is 5.69 Å². The molecular weight excluding hydrogens is 254 g/mol. The van der Waals surface area contributed by atoms with Crippen LogP contribution in [0.25, 0.3) is 0 Å². The molecular formula is C15H17N3O2. The van der Waals surface area contributed by atoms with E-state index in [0.717, 1.165) is 22.5 Å². The summed E-state index contributed by atoms with van der Waals surface area (Å²) in [4.78, 5) is 14.8. The van der Waals surface area contributed by atoms with Crippen LogP contribution in [0, 0.1) is 30.9 Å². The first-order valence-corrected chi connectivity index (χ1v) is 6.38. The highest BCUT2D eigenvalue weighted by atomic mass is 16.6. The molecule has 1 N–H and O–H groups in total. The van der Waals surface area contributed by atoms with Crippen LogP contribution in [0.15, 0.2) is 30.5 Å². The van der Waals surface area contributed by atoms with E-state index in [0.29, 0.717) is 12.1 Å². The maximum absolute atomic E-state index is 10.9. The second-order valence-electron chi connectivity index (χ2n) is 4.89. The molecule has 1 heterocycles. The maximum Gasteiger partial charge on any atom is 0.272 e. The van der Waals surface area contributed by atoms with E-state index in [-0.39, 0.29) is 10.6 Å². The monoisotopic (exact) mass is 271 g/mol. The molecule has 1 aromatic heterocycles. The van der Waals surface area contributed by atoms with E-state index in [2.05, 4.69) is 10.3 Å². The van der Waals surface area contributed by atoms with Crippen molar-refractivity contribution in [1.82, 2.24) is 4.98 Å². The molecule has 0 atom stereocenters. The lowest BCUT2D eigenvalue weighted by Gasteiger charge is -2.10. The first-order valence-electron chi connectivity index (χ1n) is 6.38. The second kappa shape index (κ2) is 5.69. The molecule has 0 aliphatic rings. The van der Waals surface area contributed by atoms with Gasteiger partial charge in [0.1, 0.15) is 0 Å². The van der Waals surface area contributed by atoms with Crippen molar-refractivity contribution in [3.8, 4) is 0 Å². The number of aryl methyl sites for hydroxylation is 3. The SMILES string of the molecule is Cc1ccc(CNc2cc(C)c([N+](=O)[O-])cc2C)nc1. The number of pyridine rings is 1. The molecule has 0 spiro atoms. The molecule has 0 fully saturated rings. The van der Waals surface area contributed by atoms with Gasteiger partial charge in [-0.05, 0) is 44.0 Å². The molecule has 0 bridgehead atoms. The summed E-state index contributed by atoms with van der Waals surface area (Å²) < 4.78 is 0. The lowest BCUT2D eigenvalue weighted by Crippen LogP contribution is -2.04. The second-order valence-corrected chi connectivity index (χ2v) is 4.89. The first kappa shape index (κ1) is 14.0. The minimum atomic E-state index is -0.354.